The first-order valence-corrected chi connectivity index (χ1v) is 8.68. The van der Waals surface area contributed by atoms with E-state index in [4.69, 9.17) is 27.7 Å². The molecular formula is C18H42N4O. The fraction of sp³-hybridized carbons (Fsp3) is 1.00. The normalized spacial score (nSPS) is 20.1. The van der Waals surface area contributed by atoms with Gasteiger partial charge in [-0.1, -0.05) is 13.8 Å². The second-order valence-electron chi connectivity index (χ2n) is 9.22. The Bertz CT molecular complexity index is 368. The molecule has 0 rings (SSSR count). The molecule has 0 bridgehead atoms. The first-order chi connectivity index (χ1) is 9.83. The number of rotatable bonds is 8. The van der Waals surface area contributed by atoms with E-state index in [9.17, 15) is 0 Å². The van der Waals surface area contributed by atoms with Crippen molar-refractivity contribution in [1.29, 1.82) is 0 Å². The lowest BCUT2D eigenvalue weighted by Gasteiger charge is -2.58. The lowest BCUT2D eigenvalue weighted by molar-refractivity contribution is -0.203. The number of nitrogens with two attached hydrogens (primary N) is 4. The van der Waals surface area contributed by atoms with Crippen LogP contribution in [-0.4, -0.2) is 33.4 Å². The van der Waals surface area contributed by atoms with E-state index in [1.165, 1.54) is 0 Å². The average Bonchev–Trinajstić information content (AvgIpc) is 2.31. The lowest BCUT2D eigenvalue weighted by Crippen LogP contribution is -2.78. The fourth-order valence-corrected chi connectivity index (χ4v) is 4.13. The summed E-state index contributed by atoms with van der Waals surface area (Å²) in [5.41, 5.74) is 22.2. The highest BCUT2D eigenvalue weighted by molar-refractivity contribution is 5.16. The van der Waals surface area contributed by atoms with Crippen molar-refractivity contribution in [3.63, 3.8) is 0 Å². The van der Waals surface area contributed by atoms with Crippen molar-refractivity contribution in [3.8, 4) is 0 Å². The van der Waals surface area contributed by atoms with Crippen LogP contribution in [0.2, 0.25) is 0 Å². The maximum Gasteiger partial charge on any atom is 0.0830 e. The van der Waals surface area contributed by atoms with Gasteiger partial charge in [-0.25, -0.2) is 0 Å². The third-order valence-corrected chi connectivity index (χ3v) is 6.07. The molecule has 0 amide bonds. The van der Waals surface area contributed by atoms with Gasteiger partial charge < -0.3 is 27.7 Å². The smallest absolute Gasteiger partial charge is 0.0830 e. The topological polar surface area (TPSA) is 113 Å². The van der Waals surface area contributed by atoms with Crippen LogP contribution < -0.4 is 22.9 Å². The number of ether oxygens (including phenoxy) is 1. The molecule has 140 valence electrons. The maximum atomic E-state index is 6.73. The van der Waals surface area contributed by atoms with Gasteiger partial charge in [-0.3, -0.25) is 0 Å². The number of hydrogen-bond acceptors (Lipinski definition) is 5. The molecular weight excluding hydrogens is 288 g/mol. The molecule has 23 heavy (non-hydrogen) atoms. The Morgan fingerprint density at radius 1 is 0.565 bits per heavy atom. The molecule has 2 atom stereocenters. The summed E-state index contributed by atoms with van der Waals surface area (Å²) in [6.07, 6.45) is 1.38. The van der Waals surface area contributed by atoms with E-state index in [0.29, 0.717) is 12.8 Å². The van der Waals surface area contributed by atoms with Crippen molar-refractivity contribution in [2.24, 2.45) is 22.9 Å². The van der Waals surface area contributed by atoms with E-state index in [2.05, 4.69) is 0 Å². The Labute approximate surface area is 143 Å². The largest absolute Gasteiger partial charge is 0.366 e. The van der Waals surface area contributed by atoms with Gasteiger partial charge in [0, 0.05) is 11.1 Å². The Kier molecular flexibility index (Phi) is 6.21. The number of hydrogen-bond donors (Lipinski definition) is 4. The summed E-state index contributed by atoms with van der Waals surface area (Å²) in [5.74, 6) is 0. The van der Waals surface area contributed by atoms with Crippen LogP contribution >= 0.6 is 0 Å². The van der Waals surface area contributed by atoms with Crippen molar-refractivity contribution in [2.45, 2.75) is 115 Å². The molecule has 0 aliphatic carbocycles. The summed E-state index contributed by atoms with van der Waals surface area (Å²) in [6, 6.07) is 0. The van der Waals surface area contributed by atoms with Gasteiger partial charge in [0.05, 0.1) is 22.3 Å². The van der Waals surface area contributed by atoms with E-state index in [1.54, 1.807) is 0 Å². The van der Waals surface area contributed by atoms with Gasteiger partial charge in [-0.15, -0.1) is 0 Å². The van der Waals surface area contributed by atoms with Gasteiger partial charge in [-0.05, 0) is 68.2 Å². The Morgan fingerprint density at radius 2 is 0.783 bits per heavy atom. The molecule has 2 unspecified atom stereocenters. The third-order valence-electron chi connectivity index (χ3n) is 6.07. The standard InChI is InChI=1S/C18H42N4O/c1-11-17(21,13(3,4)19)15(7,8)23-16(9,10)18(22,12-2)14(5,6)20/h11-12,19-22H2,1-10H3. The first-order valence-electron chi connectivity index (χ1n) is 8.68. The summed E-state index contributed by atoms with van der Waals surface area (Å²) in [4.78, 5) is 0. The van der Waals surface area contributed by atoms with Crippen molar-refractivity contribution in [2.75, 3.05) is 0 Å². The molecule has 5 nitrogen and oxygen atoms in total. The van der Waals surface area contributed by atoms with Crippen molar-refractivity contribution in [1.82, 2.24) is 0 Å². The zero-order chi connectivity index (χ0) is 19.1. The van der Waals surface area contributed by atoms with Crippen molar-refractivity contribution < 1.29 is 4.74 Å². The molecule has 0 saturated carbocycles. The monoisotopic (exact) mass is 330 g/mol. The van der Waals surface area contributed by atoms with Crippen LogP contribution in [0.1, 0.15) is 82.1 Å². The molecule has 0 aromatic heterocycles. The average molecular weight is 331 g/mol. The van der Waals surface area contributed by atoms with Crippen LogP contribution in [0.15, 0.2) is 0 Å². The van der Waals surface area contributed by atoms with Gasteiger partial charge in [0.25, 0.3) is 0 Å². The first kappa shape index (κ1) is 22.8. The Hall–Kier alpha value is -0.200. The van der Waals surface area contributed by atoms with E-state index >= 15 is 0 Å². The second-order valence-corrected chi connectivity index (χ2v) is 9.22. The van der Waals surface area contributed by atoms with E-state index in [1.807, 2.05) is 69.2 Å². The van der Waals surface area contributed by atoms with E-state index in [-0.39, 0.29) is 0 Å². The third kappa shape index (κ3) is 3.74. The van der Waals surface area contributed by atoms with Gasteiger partial charge in [-0.2, -0.15) is 0 Å². The summed E-state index contributed by atoms with van der Waals surface area (Å²) in [6.45, 7) is 19.8. The van der Waals surface area contributed by atoms with Crippen molar-refractivity contribution in [3.05, 3.63) is 0 Å². The van der Waals surface area contributed by atoms with Crippen LogP contribution in [0.3, 0.4) is 0 Å². The molecule has 0 fully saturated rings. The van der Waals surface area contributed by atoms with Gasteiger partial charge in [0.1, 0.15) is 0 Å². The summed E-state index contributed by atoms with van der Waals surface area (Å²) in [5, 5.41) is 0. The predicted octanol–water partition coefficient (Wildman–Crippen LogP) is 2.25. The highest BCUT2D eigenvalue weighted by Gasteiger charge is 2.57. The summed E-state index contributed by atoms with van der Waals surface area (Å²) >= 11 is 0. The Balaban J connectivity index is 5.94. The maximum absolute atomic E-state index is 6.73. The molecule has 5 heteroatoms. The lowest BCUT2D eigenvalue weighted by atomic mass is 9.65. The predicted molar refractivity (Wildman–Crippen MR) is 100 cm³/mol. The van der Waals surface area contributed by atoms with Gasteiger partial charge in [0.15, 0.2) is 0 Å². The molecule has 0 aliphatic heterocycles. The fourth-order valence-electron chi connectivity index (χ4n) is 4.13. The van der Waals surface area contributed by atoms with E-state index < -0.39 is 33.4 Å². The quantitative estimate of drug-likeness (QED) is 0.545. The zero-order valence-corrected chi connectivity index (χ0v) is 17.1. The minimum atomic E-state index is -0.718. The second kappa shape index (κ2) is 6.26. The molecule has 0 saturated heterocycles. The van der Waals surface area contributed by atoms with Crippen LogP contribution in [0.4, 0.5) is 0 Å². The molecule has 0 aliphatic rings. The molecule has 0 aromatic rings. The Morgan fingerprint density at radius 3 is 0.913 bits per heavy atom. The molecule has 0 spiro atoms. The molecule has 0 heterocycles. The SMILES string of the molecule is CCC(N)(C(C)(C)N)C(C)(C)OC(C)(C)C(N)(CC)C(C)(C)N. The highest BCUT2D eigenvalue weighted by Crippen LogP contribution is 2.42. The van der Waals surface area contributed by atoms with Gasteiger partial charge in [0.2, 0.25) is 0 Å². The van der Waals surface area contributed by atoms with E-state index in [0.717, 1.165) is 0 Å². The van der Waals surface area contributed by atoms with Crippen LogP contribution in [0, 0.1) is 0 Å². The van der Waals surface area contributed by atoms with Crippen LogP contribution in [0.5, 0.6) is 0 Å². The molecule has 8 N–H and O–H groups in total. The van der Waals surface area contributed by atoms with Crippen LogP contribution in [0.25, 0.3) is 0 Å². The minimum absolute atomic E-state index is 0.608. The molecule has 0 aromatic carbocycles. The van der Waals surface area contributed by atoms with Crippen molar-refractivity contribution >= 4 is 0 Å². The zero-order valence-electron chi connectivity index (χ0n) is 17.1. The van der Waals surface area contributed by atoms with Crippen LogP contribution in [-0.2, 0) is 4.74 Å². The summed E-state index contributed by atoms with van der Waals surface area (Å²) in [7, 11) is 0. The van der Waals surface area contributed by atoms with Gasteiger partial charge >= 0.3 is 0 Å². The summed E-state index contributed by atoms with van der Waals surface area (Å²) < 4.78 is 6.58. The minimum Gasteiger partial charge on any atom is -0.366 e. The molecule has 0 radical (unpaired) electrons. The highest BCUT2D eigenvalue weighted by atomic mass is 16.5.